The molecule has 2 aromatic carbocycles. The molecular formula is C22H19NO5. The van der Waals surface area contributed by atoms with Crippen molar-refractivity contribution >= 4 is 23.2 Å². The highest BCUT2D eigenvalue weighted by molar-refractivity contribution is 6.06. The number of hydrogen-bond donors (Lipinski definition) is 2. The highest BCUT2D eigenvalue weighted by atomic mass is 16.3. The maximum atomic E-state index is 12.9. The van der Waals surface area contributed by atoms with Gasteiger partial charge in [-0.25, -0.2) is 0 Å². The van der Waals surface area contributed by atoms with E-state index in [0.29, 0.717) is 27.9 Å². The van der Waals surface area contributed by atoms with Crippen LogP contribution < -0.4 is 5.32 Å². The average molecular weight is 377 g/mol. The minimum absolute atomic E-state index is 0.0122. The first-order valence-electron chi connectivity index (χ1n) is 8.71. The van der Waals surface area contributed by atoms with Crippen LogP contribution in [0, 0.1) is 6.92 Å². The number of aliphatic hydroxyl groups is 1. The van der Waals surface area contributed by atoms with Crippen molar-refractivity contribution < 1.29 is 23.9 Å². The standard InChI is InChI=1S/C22H19NO5/c1-14-16(8-4-9-18(14)23-22(27)21-10-5-11-28-21)19(25)12-15-6-2-3-7-17(15)20(26)13-24/h2-11,24H,12-13H2,1H3,(H,23,27). The second-order valence-corrected chi connectivity index (χ2v) is 6.25. The van der Waals surface area contributed by atoms with Crippen molar-refractivity contribution in [3.8, 4) is 0 Å². The first-order valence-corrected chi connectivity index (χ1v) is 8.71. The second kappa shape index (κ2) is 8.45. The monoisotopic (exact) mass is 377 g/mol. The zero-order valence-electron chi connectivity index (χ0n) is 15.3. The molecule has 2 N–H and O–H groups in total. The van der Waals surface area contributed by atoms with E-state index in [-0.39, 0.29) is 18.0 Å². The van der Waals surface area contributed by atoms with Gasteiger partial charge in [-0.2, -0.15) is 0 Å². The number of carbonyl (C=O) groups is 3. The van der Waals surface area contributed by atoms with Crippen LogP contribution in [0.4, 0.5) is 5.69 Å². The number of benzene rings is 2. The lowest BCUT2D eigenvalue weighted by Gasteiger charge is -2.12. The maximum absolute atomic E-state index is 12.9. The molecular weight excluding hydrogens is 358 g/mol. The van der Waals surface area contributed by atoms with Crippen molar-refractivity contribution in [1.29, 1.82) is 0 Å². The van der Waals surface area contributed by atoms with E-state index in [2.05, 4.69) is 5.32 Å². The first-order chi connectivity index (χ1) is 13.5. The van der Waals surface area contributed by atoms with Gasteiger partial charge in [-0.05, 0) is 36.2 Å². The Morgan fingerprint density at radius 2 is 1.68 bits per heavy atom. The summed E-state index contributed by atoms with van der Waals surface area (Å²) in [5, 5.41) is 11.9. The number of anilines is 1. The third-order valence-corrected chi connectivity index (χ3v) is 4.44. The minimum Gasteiger partial charge on any atom is -0.459 e. The van der Waals surface area contributed by atoms with Crippen molar-refractivity contribution in [2.45, 2.75) is 13.3 Å². The lowest BCUT2D eigenvalue weighted by molar-refractivity contribution is 0.0902. The molecule has 0 aliphatic rings. The molecule has 28 heavy (non-hydrogen) atoms. The number of furan rings is 1. The molecule has 0 saturated heterocycles. The van der Waals surface area contributed by atoms with E-state index in [0.717, 1.165) is 0 Å². The Labute approximate surface area is 161 Å². The highest BCUT2D eigenvalue weighted by Gasteiger charge is 2.18. The van der Waals surface area contributed by atoms with E-state index < -0.39 is 18.3 Å². The summed E-state index contributed by atoms with van der Waals surface area (Å²) in [5.74, 6) is -0.853. The minimum atomic E-state index is -0.613. The summed E-state index contributed by atoms with van der Waals surface area (Å²) in [4.78, 5) is 37.0. The number of rotatable bonds is 7. The molecule has 142 valence electrons. The first kappa shape index (κ1) is 19.3. The summed E-state index contributed by atoms with van der Waals surface area (Å²) in [6, 6.07) is 14.9. The van der Waals surface area contributed by atoms with E-state index in [9.17, 15) is 14.4 Å². The van der Waals surface area contributed by atoms with Crippen molar-refractivity contribution in [3.63, 3.8) is 0 Å². The molecule has 0 fully saturated rings. The zero-order chi connectivity index (χ0) is 20.1. The third kappa shape index (κ3) is 4.07. The van der Waals surface area contributed by atoms with Crippen LogP contribution >= 0.6 is 0 Å². The molecule has 0 spiro atoms. The molecule has 6 nitrogen and oxygen atoms in total. The summed E-state index contributed by atoms with van der Waals surface area (Å²) in [6.45, 7) is 1.13. The van der Waals surface area contributed by atoms with Crippen molar-refractivity contribution in [3.05, 3.63) is 88.9 Å². The summed E-state index contributed by atoms with van der Waals surface area (Å²) < 4.78 is 5.08. The molecule has 0 aliphatic heterocycles. The van der Waals surface area contributed by atoms with Crippen LogP contribution in [0.15, 0.2) is 65.3 Å². The van der Waals surface area contributed by atoms with E-state index >= 15 is 0 Å². The van der Waals surface area contributed by atoms with Gasteiger partial charge in [0.25, 0.3) is 5.91 Å². The van der Waals surface area contributed by atoms with Crippen LogP contribution in [-0.2, 0) is 6.42 Å². The third-order valence-electron chi connectivity index (χ3n) is 4.44. The summed E-state index contributed by atoms with van der Waals surface area (Å²) in [5.41, 5.74) is 2.46. The van der Waals surface area contributed by atoms with Crippen LogP contribution in [0.25, 0.3) is 0 Å². The molecule has 0 bridgehead atoms. The number of hydrogen-bond acceptors (Lipinski definition) is 5. The molecule has 0 unspecified atom stereocenters. The van der Waals surface area contributed by atoms with Crippen molar-refractivity contribution in [2.75, 3.05) is 11.9 Å². The van der Waals surface area contributed by atoms with Crippen LogP contribution in [-0.4, -0.2) is 29.2 Å². The molecule has 3 rings (SSSR count). The van der Waals surface area contributed by atoms with Gasteiger partial charge < -0.3 is 14.8 Å². The number of amides is 1. The van der Waals surface area contributed by atoms with Gasteiger partial charge >= 0.3 is 0 Å². The molecule has 1 amide bonds. The summed E-state index contributed by atoms with van der Waals surface area (Å²) >= 11 is 0. The Morgan fingerprint density at radius 3 is 2.39 bits per heavy atom. The quantitative estimate of drug-likeness (QED) is 0.615. The second-order valence-electron chi connectivity index (χ2n) is 6.25. The van der Waals surface area contributed by atoms with Gasteiger partial charge in [-0.3, -0.25) is 14.4 Å². The molecule has 0 saturated carbocycles. The highest BCUT2D eigenvalue weighted by Crippen LogP contribution is 2.22. The predicted molar refractivity (Wildman–Crippen MR) is 104 cm³/mol. The molecule has 0 atom stereocenters. The Balaban J connectivity index is 1.84. The van der Waals surface area contributed by atoms with Crippen LogP contribution in [0.3, 0.4) is 0 Å². The lowest BCUT2D eigenvalue weighted by Crippen LogP contribution is -2.15. The molecule has 1 aromatic heterocycles. The van der Waals surface area contributed by atoms with Crippen LogP contribution in [0.1, 0.15) is 42.4 Å². The number of nitrogens with one attached hydrogen (secondary N) is 1. The fourth-order valence-electron chi connectivity index (χ4n) is 2.96. The number of aliphatic hydroxyl groups excluding tert-OH is 1. The van der Waals surface area contributed by atoms with Gasteiger partial charge in [-0.1, -0.05) is 36.4 Å². The van der Waals surface area contributed by atoms with Crippen LogP contribution in [0.5, 0.6) is 0 Å². The van der Waals surface area contributed by atoms with Gasteiger partial charge in [0.1, 0.15) is 6.61 Å². The fourth-order valence-corrected chi connectivity index (χ4v) is 2.96. The Morgan fingerprint density at radius 1 is 0.929 bits per heavy atom. The normalized spacial score (nSPS) is 10.5. The van der Waals surface area contributed by atoms with Gasteiger partial charge in [0, 0.05) is 23.2 Å². The number of ketones is 2. The smallest absolute Gasteiger partial charge is 0.291 e. The summed E-state index contributed by atoms with van der Waals surface area (Å²) in [6.07, 6.45) is 1.42. The van der Waals surface area contributed by atoms with Gasteiger partial charge in [0.15, 0.2) is 17.3 Å². The summed E-state index contributed by atoms with van der Waals surface area (Å²) in [7, 11) is 0. The number of Topliss-reactive ketones (excluding diaryl/α,β-unsaturated/α-hetero) is 2. The molecule has 0 radical (unpaired) electrons. The topological polar surface area (TPSA) is 96.6 Å². The van der Waals surface area contributed by atoms with E-state index in [4.69, 9.17) is 9.52 Å². The van der Waals surface area contributed by atoms with Crippen molar-refractivity contribution in [1.82, 2.24) is 0 Å². The molecule has 3 aromatic rings. The van der Waals surface area contributed by atoms with Crippen molar-refractivity contribution in [2.24, 2.45) is 0 Å². The fraction of sp³-hybridized carbons (Fsp3) is 0.136. The lowest BCUT2D eigenvalue weighted by atomic mass is 9.94. The van der Waals surface area contributed by atoms with Gasteiger partial charge in [-0.15, -0.1) is 0 Å². The Kier molecular flexibility index (Phi) is 5.81. The molecule has 6 heteroatoms. The largest absolute Gasteiger partial charge is 0.459 e. The van der Waals surface area contributed by atoms with Crippen LogP contribution in [0.2, 0.25) is 0 Å². The Bertz CT molecular complexity index is 1020. The predicted octanol–water partition coefficient (Wildman–Crippen LogP) is 3.44. The maximum Gasteiger partial charge on any atom is 0.291 e. The van der Waals surface area contributed by atoms with E-state index in [1.54, 1.807) is 61.5 Å². The number of carbonyl (C=O) groups excluding carboxylic acids is 3. The molecule has 0 aliphatic carbocycles. The Hall–Kier alpha value is -3.51. The van der Waals surface area contributed by atoms with Gasteiger partial charge in [0.2, 0.25) is 0 Å². The zero-order valence-corrected chi connectivity index (χ0v) is 15.3. The SMILES string of the molecule is Cc1c(NC(=O)c2ccco2)cccc1C(=O)Cc1ccccc1C(=O)CO. The molecule has 1 heterocycles. The average Bonchev–Trinajstić information content (AvgIpc) is 3.24. The van der Waals surface area contributed by atoms with E-state index in [1.807, 2.05) is 0 Å². The van der Waals surface area contributed by atoms with E-state index in [1.165, 1.54) is 6.26 Å². The van der Waals surface area contributed by atoms with Gasteiger partial charge in [0.05, 0.1) is 6.26 Å².